The van der Waals surface area contributed by atoms with Crippen LogP contribution in [-0.2, 0) is 4.79 Å². The van der Waals surface area contributed by atoms with E-state index < -0.39 is 5.54 Å². The summed E-state index contributed by atoms with van der Waals surface area (Å²) in [6.45, 7) is 3.92. The third-order valence-electron chi connectivity index (χ3n) is 5.61. The van der Waals surface area contributed by atoms with E-state index in [0.29, 0.717) is 0 Å². The molecule has 0 radical (unpaired) electrons. The molecular formula is C15H26N2O. The minimum absolute atomic E-state index is 0.139. The molecule has 0 aliphatic heterocycles. The van der Waals surface area contributed by atoms with Crippen molar-refractivity contribution in [3.8, 4) is 0 Å². The Hall–Kier alpha value is -0.570. The number of likely N-dealkylation sites (N-methyl/N-ethyl adjacent to an activating group) is 1. The molecule has 0 saturated heterocycles. The van der Waals surface area contributed by atoms with Gasteiger partial charge in [0.25, 0.3) is 0 Å². The van der Waals surface area contributed by atoms with Crippen LogP contribution in [0.4, 0.5) is 0 Å². The van der Waals surface area contributed by atoms with E-state index in [1.54, 1.807) is 0 Å². The van der Waals surface area contributed by atoms with Gasteiger partial charge >= 0.3 is 0 Å². The summed E-state index contributed by atoms with van der Waals surface area (Å²) in [4.78, 5) is 12.4. The number of carbonyl (C=O) groups is 1. The Morgan fingerprint density at radius 1 is 1.06 bits per heavy atom. The molecule has 0 spiro atoms. The maximum atomic E-state index is 12.4. The van der Waals surface area contributed by atoms with Crippen LogP contribution in [0.25, 0.3) is 0 Å². The van der Waals surface area contributed by atoms with Gasteiger partial charge in [-0.15, -0.1) is 0 Å². The molecule has 102 valence electrons. The van der Waals surface area contributed by atoms with E-state index in [1.807, 2.05) is 20.9 Å². The fraction of sp³-hybridized carbons (Fsp3) is 0.933. The van der Waals surface area contributed by atoms with Gasteiger partial charge in [-0.25, -0.2) is 0 Å². The molecular weight excluding hydrogens is 224 g/mol. The number of hydrogen-bond donors (Lipinski definition) is 2. The maximum Gasteiger partial charge on any atom is 0.240 e. The summed E-state index contributed by atoms with van der Waals surface area (Å²) >= 11 is 0. The number of rotatable bonds is 3. The lowest BCUT2D eigenvalue weighted by molar-refractivity contribution is -0.132. The Bertz CT molecular complexity index is 326. The summed E-state index contributed by atoms with van der Waals surface area (Å²) in [5.41, 5.74) is -0.316. The van der Waals surface area contributed by atoms with Crippen molar-refractivity contribution in [2.45, 2.75) is 63.5 Å². The molecule has 0 atom stereocenters. The van der Waals surface area contributed by atoms with E-state index in [-0.39, 0.29) is 11.4 Å². The first-order chi connectivity index (χ1) is 8.42. The molecule has 4 aliphatic carbocycles. The Kier molecular flexibility index (Phi) is 2.74. The molecule has 4 aliphatic rings. The zero-order valence-electron chi connectivity index (χ0n) is 11.9. The van der Waals surface area contributed by atoms with E-state index in [2.05, 4.69) is 10.6 Å². The van der Waals surface area contributed by atoms with Crippen LogP contribution in [0.5, 0.6) is 0 Å². The predicted octanol–water partition coefficient (Wildman–Crippen LogP) is 2.07. The smallest absolute Gasteiger partial charge is 0.240 e. The predicted molar refractivity (Wildman–Crippen MR) is 72.2 cm³/mol. The third kappa shape index (κ3) is 1.97. The van der Waals surface area contributed by atoms with Crippen LogP contribution in [0.1, 0.15) is 52.4 Å². The van der Waals surface area contributed by atoms with Gasteiger partial charge in [0.05, 0.1) is 5.54 Å². The monoisotopic (exact) mass is 250 g/mol. The zero-order chi connectivity index (χ0) is 13.0. The molecule has 0 aromatic heterocycles. The summed E-state index contributed by atoms with van der Waals surface area (Å²) in [5.74, 6) is 2.82. The second-order valence-corrected chi connectivity index (χ2v) is 7.53. The highest BCUT2D eigenvalue weighted by atomic mass is 16.2. The van der Waals surface area contributed by atoms with Crippen molar-refractivity contribution in [2.24, 2.45) is 17.8 Å². The molecule has 3 heteroatoms. The normalized spacial score (nSPS) is 42.1. The highest BCUT2D eigenvalue weighted by molar-refractivity contribution is 5.86. The molecule has 0 aromatic carbocycles. The van der Waals surface area contributed by atoms with E-state index in [4.69, 9.17) is 0 Å². The van der Waals surface area contributed by atoms with Gasteiger partial charge in [-0.3, -0.25) is 4.79 Å². The van der Waals surface area contributed by atoms with Crippen molar-refractivity contribution in [1.29, 1.82) is 0 Å². The van der Waals surface area contributed by atoms with Crippen LogP contribution in [-0.4, -0.2) is 24.0 Å². The van der Waals surface area contributed by atoms with Gasteiger partial charge in [0.2, 0.25) is 5.91 Å². The lowest BCUT2D eigenvalue weighted by atomic mass is 9.53. The van der Waals surface area contributed by atoms with Crippen LogP contribution in [0.2, 0.25) is 0 Å². The Balaban J connectivity index is 1.74. The molecule has 4 fully saturated rings. The number of amides is 1. The highest BCUT2D eigenvalue weighted by Gasteiger charge is 2.52. The summed E-state index contributed by atoms with van der Waals surface area (Å²) in [6, 6.07) is 0. The van der Waals surface area contributed by atoms with Gasteiger partial charge in [0.1, 0.15) is 0 Å². The number of carbonyl (C=O) groups excluding carboxylic acids is 1. The Labute approximate surface area is 110 Å². The molecule has 2 N–H and O–H groups in total. The van der Waals surface area contributed by atoms with Crippen molar-refractivity contribution in [2.75, 3.05) is 7.05 Å². The SMILES string of the molecule is CNC(C)(C)C(=O)NC12CC3CC(CC(C3)C1)C2. The molecule has 0 aromatic rings. The molecule has 4 saturated carbocycles. The van der Waals surface area contributed by atoms with Crippen molar-refractivity contribution < 1.29 is 4.79 Å². The fourth-order valence-corrected chi connectivity index (χ4v) is 4.77. The van der Waals surface area contributed by atoms with Crippen LogP contribution < -0.4 is 10.6 Å². The number of nitrogens with one attached hydrogen (secondary N) is 2. The average Bonchev–Trinajstić information content (AvgIpc) is 2.26. The zero-order valence-corrected chi connectivity index (χ0v) is 11.9. The van der Waals surface area contributed by atoms with Gasteiger partial charge in [-0.2, -0.15) is 0 Å². The topological polar surface area (TPSA) is 41.1 Å². The van der Waals surface area contributed by atoms with Gasteiger partial charge in [0, 0.05) is 5.54 Å². The molecule has 4 bridgehead atoms. The standard InChI is InChI=1S/C15H26N2O/c1-14(2,16-3)13(18)17-15-7-10-4-11(8-15)6-12(5-10)9-15/h10-12,16H,4-9H2,1-3H3,(H,17,18). The lowest BCUT2D eigenvalue weighted by Crippen LogP contribution is -2.64. The third-order valence-corrected chi connectivity index (χ3v) is 5.61. The van der Waals surface area contributed by atoms with Crippen molar-refractivity contribution in [3.05, 3.63) is 0 Å². The highest BCUT2D eigenvalue weighted by Crippen LogP contribution is 2.55. The van der Waals surface area contributed by atoms with E-state index >= 15 is 0 Å². The van der Waals surface area contributed by atoms with Gasteiger partial charge in [0.15, 0.2) is 0 Å². The Morgan fingerprint density at radius 3 is 1.89 bits per heavy atom. The van der Waals surface area contributed by atoms with Gasteiger partial charge in [-0.1, -0.05) is 0 Å². The first-order valence-corrected chi connectivity index (χ1v) is 7.44. The molecule has 0 heterocycles. The molecule has 3 nitrogen and oxygen atoms in total. The molecule has 18 heavy (non-hydrogen) atoms. The second-order valence-electron chi connectivity index (χ2n) is 7.53. The van der Waals surface area contributed by atoms with E-state index in [9.17, 15) is 4.79 Å². The largest absolute Gasteiger partial charge is 0.349 e. The Morgan fingerprint density at radius 2 is 1.50 bits per heavy atom. The van der Waals surface area contributed by atoms with Crippen LogP contribution in [0.3, 0.4) is 0 Å². The van der Waals surface area contributed by atoms with Crippen molar-refractivity contribution in [3.63, 3.8) is 0 Å². The van der Waals surface area contributed by atoms with Crippen molar-refractivity contribution in [1.82, 2.24) is 10.6 Å². The van der Waals surface area contributed by atoms with Gasteiger partial charge < -0.3 is 10.6 Å². The minimum atomic E-state index is -0.455. The summed E-state index contributed by atoms with van der Waals surface area (Å²) in [5, 5.41) is 6.53. The average molecular weight is 250 g/mol. The second kappa shape index (κ2) is 3.96. The van der Waals surface area contributed by atoms with Crippen molar-refractivity contribution >= 4 is 5.91 Å². The quantitative estimate of drug-likeness (QED) is 0.805. The molecule has 4 rings (SSSR count). The number of hydrogen-bond acceptors (Lipinski definition) is 2. The molecule has 0 unspecified atom stereocenters. The van der Waals surface area contributed by atoms with Crippen LogP contribution in [0, 0.1) is 17.8 Å². The fourth-order valence-electron chi connectivity index (χ4n) is 4.77. The van der Waals surface area contributed by atoms with Gasteiger partial charge in [-0.05, 0) is 77.2 Å². The summed E-state index contributed by atoms with van der Waals surface area (Å²) in [6.07, 6.45) is 7.94. The van der Waals surface area contributed by atoms with Crippen LogP contribution >= 0.6 is 0 Å². The first-order valence-electron chi connectivity index (χ1n) is 7.44. The first kappa shape index (κ1) is 12.5. The van der Waals surface area contributed by atoms with E-state index in [0.717, 1.165) is 17.8 Å². The summed E-state index contributed by atoms with van der Waals surface area (Å²) in [7, 11) is 1.86. The minimum Gasteiger partial charge on any atom is -0.349 e. The molecule has 1 amide bonds. The van der Waals surface area contributed by atoms with Crippen LogP contribution in [0.15, 0.2) is 0 Å². The summed E-state index contributed by atoms with van der Waals surface area (Å²) < 4.78 is 0. The maximum absolute atomic E-state index is 12.4. The lowest BCUT2D eigenvalue weighted by Gasteiger charge is -2.57. The van der Waals surface area contributed by atoms with E-state index in [1.165, 1.54) is 38.5 Å².